The minimum absolute atomic E-state index is 0.284. The van der Waals surface area contributed by atoms with Crippen molar-refractivity contribution >= 4 is 57.1 Å². The van der Waals surface area contributed by atoms with Gasteiger partial charge in [-0.1, -0.05) is 59.6 Å². The van der Waals surface area contributed by atoms with Crippen molar-refractivity contribution in [2.45, 2.75) is 13.5 Å². The first kappa shape index (κ1) is 22.2. The Morgan fingerprint density at radius 2 is 1.83 bits per heavy atom. The van der Waals surface area contributed by atoms with Gasteiger partial charge in [0, 0.05) is 16.3 Å². The Kier molecular flexibility index (Phi) is 7.74. The largest absolute Gasteiger partial charge is 0.486 e. The van der Waals surface area contributed by atoms with Crippen LogP contribution in [-0.2, 0) is 6.61 Å². The Labute approximate surface area is 193 Å². The Balaban J connectivity index is 1.61. The summed E-state index contributed by atoms with van der Waals surface area (Å²) in [5.74, 6) is 0.499. The maximum absolute atomic E-state index is 12.0. The van der Waals surface area contributed by atoms with Gasteiger partial charge >= 0.3 is 6.03 Å². The molecule has 5 nitrogen and oxygen atoms in total. The lowest BCUT2D eigenvalue weighted by molar-refractivity contribution is 0.252. The summed E-state index contributed by atoms with van der Waals surface area (Å²) in [6.45, 7) is 2.19. The number of carbonyl (C=O) groups is 1. The molecule has 2 amide bonds. The third-order valence-corrected chi connectivity index (χ3v) is 5.36. The molecule has 2 N–H and O–H groups in total. The molecule has 0 heterocycles. The van der Waals surface area contributed by atoms with Crippen molar-refractivity contribution in [1.82, 2.24) is 5.43 Å². The van der Waals surface area contributed by atoms with Crippen molar-refractivity contribution in [1.29, 1.82) is 0 Å². The van der Waals surface area contributed by atoms with Gasteiger partial charge in [-0.2, -0.15) is 5.10 Å². The summed E-state index contributed by atoms with van der Waals surface area (Å²) in [6.07, 6.45) is 1.49. The lowest BCUT2D eigenvalue weighted by Gasteiger charge is -2.12. The molecule has 0 saturated carbocycles. The molecule has 0 aliphatic rings. The van der Waals surface area contributed by atoms with E-state index in [0.717, 1.165) is 16.8 Å². The molecular formula is C22H18BrCl2N3O2. The second kappa shape index (κ2) is 10.5. The van der Waals surface area contributed by atoms with Crippen LogP contribution in [0.4, 0.5) is 10.5 Å². The lowest BCUT2D eigenvalue weighted by Crippen LogP contribution is -2.24. The summed E-state index contributed by atoms with van der Waals surface area (Å²) in [7, 11) is 0. The molecular weight excluding hydrogens is 489 g/mol. The highest BCUT2D eigenvalue weighted by molar-refractivity contribution is 9.10. The number of hydrazone groups is 1. The number of para-hydroxylation sites is 1. The maximum atomic E-state index is 12.0. The number of benzene rings is 3. The number of hydrogen-bond acceptors (Lipinski definition) is 3. The molecule has 3 rings (SSSR count). The zero-order valence-corrected chi connectivity index (χ0v) is 19.1. The minimum atomic E-state index is -0.439. The molecule has 0 atom stereocenters. The van der Waals surface area contributed by atoms with Crippen LogP contribution in [0.2, 0.25) is 10.0 Å². The van der Waals surface area contributed by atoms with Gasteiger partial charge in [0.1, 0.15) is 6.61 Å². The summed E-state index contributed by atoms with van der Waals surface area (Å²) in [6, 6.07) is 18.0. The van der Waals surface area contributed by atoms with E-state index in [1.165, 1.54) is 6.21 Å². The molecule has 8 heteroatoms. The highest BCUT2D eigenvalue weighted by Crippen LogP contribution is 2.35. The third kappa shape index (κ3) is 5.98. The van der Waals surface area contributed by atoms with E-state index in [1.807, 2.05) is 49.4 Å². The Morgan fingerprint density at radius 1 is 1.10 bits per heavy atom. The number of halogens is 3. The SMILES string of the molecule is Cc1ccccc1NC(=O)NN=Cc1cc(Cl)c(OCc2ccccc2Cl)c(Br)c1. The number of anilines is 1. The first-order valence-corrected chi connectivity index (χ1v) is 10.5. The second-order valence-electron chi connectivity index (χ2n) is 6.33. The smallest absolute Gasteiger partial charge is 0.339 e. The number of ether oxygens (including phenoxy) is 1. The van der Waals surface area contributed by atoms with Crippen molar-refractivity contribution < 1.29 is 9.53 Å². The Morgan fingerprint density at radius 3 is 2.57 bits per heavy atom. The number of amides is 2. The summed E-state index contributed by atoms with van der Waals surface area (Å²) in [5.41, 5.74) is 5.65. The Hall–Kier alpha value is -2.54. The number of nitrogens with zero attached hydrogens (tertiary/aromatic N) is 1. The van der Waals surface area contributed by atoms with Gasteiger partial charge in [0.2, 0.25) is 0 Å². The third-order valence-electron chi connectivity index (χ3n) is 4.12. The van der Waals surface area contributed by atoms with Gasteiger partial charge in [0.05, 0.1) is 15.7 Å². The number of urea groups is 1. The fourth-order valence-electron chi connectivity index (χ4n) is 2.59. The van der Waals surface area contributed by atoms with Gasteiger partial charge in [-0.05, 0) is 58.2 Å². The predicted molar refractivity (Wildman–Crippen MR) is 126 cm³/mol. The zero-order valence-electron chi connectivity index (χ0n) is 16.0. The molecule has 0 bridgehead atoms. The summed E-state index contributed by atoms with van der Waals surface area (Å²) >= 11 is 16.0. The molecule has 3 aromatic rings. The predicted octanol–water partition coefficient (Wildman–Crippen LogP) is 6.80. The van der Waals surface area contributed by atoms with Crippen molar-refractivity contribution in [2.24, 2.45) is 5.10 Å². The normalized spacial score (nSPS) is 10.8. The number of hydrogen-bond donors (Lipinski definition) is 2. The van der Waals surface area contributed by atoms with Crippen LogP contribution in [0.25, 0.3) is 0 Å². The molecule has 154 valence electrons. The lowest BCUT2D eigenvalue weighted by atomic mass is 10.2. The Bertz CT molecular complexity index is 1070. The summed E-state index contributed by atoms with van der Waals surface area (Å²) < 4.78 is 6.48. The van der Waals surface area contributed by atoms with E-state index < -0.39 is 6.03 Å². The second-order valence-corrected chi connectivity index (χ2v) is 8.00. The highest BCUT2D eigenvalue weighted by Gasteiger charge is 2.10. The van der Waals surface area contributed by atoms with E-state index in [-0.39, 0.29) is 6.61 Å². The molecule has 0 unspecified atom stereocenters. The van der Waals surface area contributed by atoms with Gasteiger partial charge in [0.25, 0.3) is 0 Å². The van der Waals surface area contributed by atoms with E-state index in [0.29, 0.717) is 25.8 Å². The van der Waals surface area contributed by atoms with Gasteiger partial charge in [-0.3, -0.25) is 0 Å². The van der Waals surface area contributed by atoms with Crippen molar-refractivity contribution in [3.63, 3.8) is 0 Å². The van der Waals surface area contributed by atoms with E-state index in [1.54, 1.807) is 18.2 Å². The van der Waals surface area contributed by atoms with Crippen molar-refractivity contribution in [2.75, 3.05) is 5.32 Å². The van der Waals surface area contributed by atoms with E-state index in [2.05, 4.69) is 31.8 Å². The molecule has 0 radical (unpaired) electrons. The van der Waals surface area contributed by atoms with Crippen LogP contribution >= 0.6 is 39.1 Å². The number of rotatable bonds is 6. The van der Waals surface area contributed by atoms with Gasteiger partial charge < -0.3 is 10.1 Å². The van der Waals surface area contributed by atoms with Gasteiger partial charge in [-0.15, -0.1) is 0 Å². The standard InChI is InChI=1S/C22H18BrCl2N3O2/c1-14-6-2-5-9-20(14)27-22(29)28-26-12-15-10-17(23)21(19(25)11-15)30-13-16-7-3-4-8-18(16)24/h2-12H,13H2,1H3,(H2,27,28,29). The van der Waals surface area contributed by atoms with Crippen molar-refractivity contribution in [3.8, 4) is 5.75 Å². The molecule has 0 saturated heterocycles. The highest BCUT2D eigenvalue weighted by atomic mass is 79.9. The van der Waals surface area contributed by atoms with Crippen LogP contribution in [0.1, 0.15) is 16.7 Å². The molecule has 0 fully saturated rings. The molecule has 0 aliphatic carbocycles. The van der Waals surface area contributed by atoms with Gasteiger partial charge in [-0.25, -0.2) is 10.2 Å². The molecule has 0 spiro atoms. The van der Waals surface area contributed by atoms with Crippen molar-refractivity contribution in [3.05, 3.63) is 91.9 Å². The molecule has 0 aromatic heterocycles. The number of aryl methyl sites for hydroxylation is 1. The van der Waals surface area contributed by atoms with Crippen LogP contribution in [0.5, 0.6) is 5.75 Å². The maximum Gasteiger partial charge on any atom is 0.339 e. The van der Waals surface area contributed by atoms with Crippen LogP contribution in [-0.4, -0.2) is 12.2 Å². The average molecular weight is 507 g/mol. The van der Waals surface area contributed by atoms with E-state index in [9.17, 15) is 4.79 Å². The molecule has 0 aliphatic heterocycles. The summed E-state index contributed by atoms with van der Waals surface area (Å²) in [4.78, 5) is 12.0. The zero-order chi connectivity index (χ0) is 21.5. The average Bonchev–Trinajstić information content (AvgIpc) is 2.70. The molecule has 30 heavy (non-hydrogen) atoms. The van der Waals surface area contributed by atoms with E-state index in [4.69, 9.17) is 27.9 Å². The van der Waals surface area contributed by atoms with E-state index >= 15 is 0 Å². The quantitative estimate of drug-likeness (QED) is 0.285. The number of carbonyl (C=O) groups excluding carboxylic acids is 1. The topological polar surface area (TPSA) is 62.7 Å². The number of nitrogens with one attached hydrogen (secondary N) is 2. The van der Waals surface area contributed by atoms with Crippen LogP contribution in [0.15, 0.2) is 70.2 Å². The van der Waals surface area contributed by atoms with Gasteiger partial charge in [0.15, 0.2) is 5.75 Å². The molecule has 3 aromatic carbocycles. The van der Waals surface area contributed by atoms with Crippen LogP contribution < -0.4 is 15.5 Å². The first-order chi connectivity index (χ1) is 14.4. The minimum Gasteiger partial charge on any atom is -0.486 e. The van der Waals surface area contributed by atoms with Crippen LogP contribution in [0, 0.1) is 6.92 Å². The van der Waals surface area contributed by atoms with Crippen LogP contribution in [0.3, 0.4) is 0 Å². The summed E-state index contributed by atoms with van der Waals surface area (Å²) in [5, 5.41) is 7.73. The fourth-order valence-corrected chi connectivity index (χ4v) is 3.77. The monoisotopic (exact) mass is 505 g/mol. The fraction of sp³-hybridized carbons (Fsp3) is 0.0909. The first-order valence-electron chi connectivity index (χ1n) is 8.95.